The minimum absolute atomic E-state index is 0.124. The molecule has 2 heterocycles. The number of hydrogen-bond acceptors (Lipinski definition) is 8. The third kappa shape index (κ3) is 8.56. The predicted molar refractivity (Wildman–Crippen MR) is 144 cm³/mol. The second kappa shape index (κ2) is 12.4. The monoisotopic (exact) mass is 537 g/mol. The summed E-state index contributed by atoms with van der Waals surface area (Å²) in [5, 5.41) is 5.64. The summed E-state index contributed by atoms with van der Waals surface area (Å²) >= 11 is 0. The molecule has 0 saturated carbocycles. The SMILES string of the molecule is CC(C)(C)OC(=O)Nc1cccc(Oc2nc(Nc3cccc(OCCCN4CCCC4=O)c3)ncc2F)c1. The number of aromatic nitrogens is 2. The summed E-state index contributed by atoms with van der Waals surface area (Å²) in [6.45, 7) is 7.26. The second-order valence-corrected chi connectivity index (χ2v) is 9.94. The van der Waals surface area contributed by atoms with Crippen LogP contribution in [0.15, 0.2) is 54.7 Å². The third-order valence-corrected chi connectivity index (χ3v) is 5.51. The van der Waals surface area contributed by atoms with Gasteiger partial charge < -0.3 is 24.4 Å². The average molecular weight is 538 g/mol. The molecule has 1 aliphatic heterocycles. The number of carbonyl (C=O) groups is 2. The van der Waals surface area contributed by atoms with Crippen LogP contribution in [0.3, 0.4) is 0 Å². The average Bonchev–Trinajstić information content (AvgIpc) is 3.28. The molecule has 3 aromatic rings. The van der Waals surface area contributed by atoms with Crippen molar-refractivity contribution in [3.63, 3.8) is 0 Å². The van der Waals surface area contributed by atoms with Crippen molar-refractivity contribution in [3.8, 4) is 17.4 Å². The molecule has 206 valence electrons. The Labute approximate surface area is 226 Å². The number of likely N-dealkylation sites (tertiary alicyclic amines) is 1. The first-order chi connectivity index (χ1) is 18.6. The van der Waals surface area contributed by atoms with E-state index in [1.165, 1.54) is 6.07 Å². The lowest BCUT2D eigenvalue weighted by Gasteiger charge is -2.19. The summed E-state index contributed by atoms with van der Waals surface area (Å²) in [4.78, 5) is 33.8. The smallest absolute Gasteiger partial charge is 0.412 e. The van der Waals surface area contributed by atoms with Crippen molar-refractivity contribution in [1.82, 2.24) is 14.9 Å². The van der Waals surface area contributed by atoms with Crippen LogP contribution < -0.4 is 20.1 Å². The van der Waals surface area contributed by atoms with Gasteiger partial charge in [-0.3, -0.25) is 10.1 Å². The molecule has 10 nitrogen and oxygen atoms in total. The van der Waals surface area contributed by atoms with E-state index in [-0.39, 0.29) is 23.5 Å². The van der Waals surface area contributed by atoms with E-state index in [0.717, 1.165) is 25.6 Å². The highest BCUT2D eigenvalue weighted by Crippen LogP contribution is 2.27. The van der Waals surface area contributed by atoms with E-state index in [2.05, 4.69) is 20.6 Å². The van der Waals surface area contributed by atoms with E-state index in [1.54, 1.807) is 51.1 Å². The van der Waals surface area contributed by atoms with E-state index in [1.807, 2.05) is 17.0 Å². The van der Waals surface area contributed by atoms with Gasteiger partial charge in [0.05, 0.1) is 12.8 Å². The molecule has 0 aliphatic carbocycles. The van der Waals surface area contributed by atoms with Crippen molar-refractivity contribution in [2.75, 3.05) is 30.3 Å². The molecule has 1 saturated heterocycles. The number of nitrogens with one attached hydrogen (secondary N) is 2. The maximum atomic E-state index is 14.5. The van der Waals surface area contributed by atoms with Crippen LogP contribution >= 0.6 is 0 Å². The molecule has 2 N–H and O–H groups in total. The molecule has 39 heavy (non-hydrogen) atoms. The number of benzene rings is 2. The highest BCUT2D eigenvalue weighted by Gasteiger charge is 2.19. The molecule has 1 fully saturated rings. The van der Waals surface area contributed by atoms with Crippen molar-refractivity contribution < 1.29 is 28.2 Å². The quantitative estimate of drug-likeness (QED) is 0.308. The Balaban J connectivity index is 1.34. The number of hydrogen-bond donors (Lipinski definition) is 2. The molecule has 11 heteroatoms. The fourth-order valence-corrected chi connectivity index (χ4v) is 3.83. The predicted octanol–water partition coefficient (Wildman–Crippen LogP) is 5.89. The van der Waals surface area contributed by atoms with Crippen LogP contribution in [0.25, 0.3) is 0 Å². The highest BCUT2D eigenvalue weighted by atomic mass is 19.1. The molecule has 0 bridgehead atoms. The molecule has 2 amide bonds. The summed E-state index contributed by atoms with van der Waals surface area (Å²) in [7, 11) is 0. The lowest BCUT2D eigenvalue weighted by Crippen LogP contribution is -2.27. The van der Waals surface area contributed by atoms with Crippen LogP contribution in [0.2, 0.25) is 0 Å². The van der Waals surface area contributed by atoms with Gasteiger partial charge in [-0.25, -0.2) is 9.78 Å². The largest absolute Gasteiger partial charge is 0.493 e. The fraction of sp³-hybridized carbons (Fsp3) is 0.357. The van der Waals surface area contributed by atoms with Crippen LogP contribution in [0.4, 0.5) is 26.5 Å². The molecule has 0 atom stereocenters. The fourth-order valence-electron chi connectivity index (χ4n) is 3.83. The molecule has 0 spiro atoms. The first kappa shape index (κ1) is 27.6. The standard InChI is InChI=1S/C28H32FN5O5/c1-28(2,3)39-27(36)32-20-9-5-11-22(17-20)38-25-23(29)18-30-26(33-25)31-19-8-4-10-21(16-19)37-15-7-14-34-13-6-12-24(34)35/h4-5,8-11,16-18H,6-7,12-15H2,1-3H3,(H,32,36)(H,30,31,33). The maximum Gasteiger partial charge on any atom is 0.412 e. The van der Waals surface area contributed by atoms with Crippen LogP contribution in [0, 0.1) is 5.82 Å². The number of anilines is 3. The zero-order valence-electron chi connectivity index (χ0n) is 22.2. The minimum atomic E-state index is -0.750. The van der Waals surface area contributed by atoms with E-state index in [4.69, 9.17) is 14.2 Å². The Kier molecular flexibility index (Phi) is 8.80. The van der Waals surface area contributed by atoms with Crippen molar-refractivity contribution >= 4 is 29.3 Å². The lowest BCUT2D eigenvalue weighted by molar-refractivity contribution is -0.127. The Bertz CT molecular complexity index is 1310. The number of carbonyl (C=O) groups excluding carboxylic acids is 2. The summed E-state index contributed by atoms with van der Waals surface area (Å²) < 4.78 is 31.2. The van der Waals surface area contributed by atoms with Crippen LogP contribution in [-0.2, 0) is 9.53 Å². The Hall–Kier alpha value is -4.41. The first-order valence-corrected chi connectivity index (χ1v) is 12.7. The Morgan fingerprint density at radius 3 is 2.59 bits per heavy atom. The van der Waals surface area contributed by atoms with Crippen LogP contribution in [0.1, 0.15) is 40.0 Å². The van der Waals surface area contributed by atoms with Crippen LogP contribution in [0.5, 0.6) is 17.4 Å². The van der Waals surface area contributed by atoms with Gasteiger partial charge in [0.15, 0.2) is 0 Å². The van der Waals surface area contributed by atoms with Gasteiger partial charge >= 0.3 is 6.09 Å². The highest BCUT2D eigenvalue weighted by molar-refractivity contribution is 5.85. The van der Waals surface area contributed by atoms with Crippen LogP contribution in [-0.4, -0.2) is 52.2 Å². The Morgan fingerprint density at radius 2 is 1.85 bits per heavy atom. The molecule has 4 rings (SSSR count). The first-order valence-electron chi connectivity index (χ1n) is 12.7. The molecular weight excluding hydrogens is 505 g/mol. The summed E-state index contributed by atoms with van der Waals surface area (Å²) in [6.07, 6.45) is 2.67. The zero-order valence-corrected chi connectivity index (χ0v) is 22.2. The van der Waals surface area contributed by atoms with Crippen molar-refractivity contribution in [2.45, 2.75) is 45.6 Å². The van der Waals surface area contributed by atoms with Gasteiger partial charge in [-0.05, 0) is 57.9 Å². The van der Waals surface area contributed by atoms with Crippen molar-refractivity contribution in [3.05, 3.63) is 60.5 Å². The molecule has 2 aromatic carbocycles. The number of ether oxygens (including phenoxy) is 3. The van der Waals surface area contributed by atoms with Gasteiger partial charge in [0.2, 0.25) is 17.7 Å². The topological polar surface area (TPSA) is 115 Å². The van der Waals surface area contributed by atoms with Gasteiger partial charge in [-0.2, -0.15) is 9.37 Å². The van der Waals surface area contributed by atoms with Gasteiger partial charge in [-0.15, -0.1) is 0 Å². The third-order valence-electron chi connectivity index (χ3n) is 5.51. The minimum Gasteiger partial charge on any atom is -0.493 e. The van der Waals surface area contributed by atoms with Crippen molar-refractivity contribution in [2.24, 2.45) is 0 Å². The number of amides is 2. The maximum absolute atomic E-state index is 14.5. The van der Waals surface area contributed by atoms with E-state index < -0.39 is 17.5 Å². The lowest BCUT2D eigenvalue weighted by atomic mass is 10.2. The number of rotatable bonds is 10. The molecule has 0 unspecified atom stereocenters. The van der Waals surface area contributed by atoms with Gasteiger partial charge in [0.1, 0.15) is 17.1 Å². The summed E-state index contributed by atoms with van der Waals surface area (Å²) in [5.41, 5.74) is 0.411. The van der Waals surface area contributed by atoms with E-state index in [9.17, 15) is 14.0 Å². The summed E-state index contributed by atoms with van der Waals surface area (Å²) in [6, 6.07) is 13.6. The molecule has 1 aromatic heterocycles. The number of halogens is 1. The normalized spacial score (nSPS) is 13.2. The Morgan fingerprint density at radius 1 is 1.10 bits per heavy atom. The van der Waals surface area contributed by atoms with Gasteiger partial charge in [0.25, 0.3) is 5.88 Å². The van der Waals surface area contributed by atoms with E-state index >= 15 is 0 Å². The molecule has 1 aliphatic rings. The zero-order chi connectivity index (χ0) is 27.8. The van der Waals surface area contributed by atoms with Crippen molar-refractivity contribution in [1.29, 1.82) is 0 Å². The van der Waals surface area contributed by atoms with Gasteiger partial charge in [-0.1, -0.05) is 12.1 Å². The molecule has 0 radical (unpaired) electrons. The summed E-state index contributed by atoms with van der Waals surface area (Å²) in [5.74, 6) is 0.192. The van der Waals surface area contributed by atoms with E-state index in [0.29, 0.717) is 36.7 Å². The molecular formula is C28H32FN5O5. The van der Waals surface area contributed by atoms with Gasteiger partial charge in [0, 0.05) is 43.0 Å². The number of nitrogens with zero attached hydrogens (tertiary/aromatic N) is 3. The second-order valence-electron chi connectivity index (χ2n) is 9.94.